The topological polar surface area (TPSA) is 63.7 Å². The molecule has 2 aromatic rings. The van der Waals surface area contributed by atoms with Crippen molar-refractivity contribution in [3.05, 3.63) is 70.0 Å². The highest BCUT2D eigenvalue weighted by molar-refractivity contribution is 6.31. The molecule has 0 bridgehead atoms. The number of hydroxylamine groups is 2. The van der Waals surface area contributed by atoms with Crippen LogP contribution in [-0.4, -0.2) is 22.8 Å². The van der Waals surface area contributed by atoms with Gasteiger partial charge in [0.25, 0.3) is 11.8 Å². The van der Waals surface area contributed by atoms with Gasteiger partial charge in [0.2, 0.25) is 0 Å². The number of halogens is 2. The lowest BCUT2D eigenvalue weighted by Gasteiger charge is -2.13. The van der Waals surface area contributed by atoms with Crippen molar-refractivity contribution >= 4 is 29.4 Å². The number of carbonyl (C=O) groups is 3. The molecule has 1 aliphatic heterocycles. The molecule has 0 saturated heterocycles. The number of benzene rings is 2. The summed E-state index contributed by atoms with van der Waals surface area (Å²) in [7, 11) is 0. The second-order valence-corrected chi connectivity index (χ2v) is 4.84. The van der Waals surface area contributed by atoms with E-state index in [-0.39, 0.29) is 16.1 Å². The van der Waals surface area contributed by atoms with Crippen LogP contribution in [0.1, 0.15) is 31.1 Å². The van der Waals surface area contributed by atoms with Gasteiger partial charge < -0.3 is 4.84 Å². The van der Waals surface area contributed by atoms with Crippen LogP contribution < -0.4 is 0 Å². The van der Waals surface area contributed by atoms with Crippen LogP contribution in [0, 0.1) is 5.82 Å². The van der Waals surface area contributed by atoms with E-state index in [2.05, 4.69) is 0 Å². The third-order valence-electron chi connectivity index (χ3n) is 3.10. The summed E-state index contributed by atoms with van der Waals surface area (Å²) >= 11 is 5.57. The molecule has 0 N–H and O–H groups in total. The van der Waals surface area contributed by atoms with E-state index in [1.165, 1.54) is 24.3 Å². The Morgan fingerprint density at radius 2 is 1.59 bits per heavy atom. The fourth-order valence-electron chi connectivity index (χ4n) is 2.04. The van der Waals surface area contributed by atoms with Crippen molar-refractivity contribution in [1.29, 1.82) is 0 Å². The Kier molecular flexibility index (Phi) is 3.38. The molecular formula is C15H7ClFNO4. The summed E-state index contributed by atoms with van der Waals surface area (Å²) in [6, 6.07) is 9.77. The Morgan fingerprint density at radius 3 is 2.18 bits per heavy atom. The minimum atomic E-state index is -1.19. The molecule has 0 atom stereocenters. The SMILES string of the molecule is O=C(ON1C(=O)c2ccccc2C1=O)c1cccc(Cl)c1F. The molecular weight excluding hydrogens is 313 g/mol. The van der Waals surface area contributed by atoms with E-state index >= 15 is 0 Å². The predicted octanol–water partition coefficient (Wildman–Crippen LogP) is 2.85. The molecule has 0 saturated carbocycles. The summed E-state index contributed by atoms with van der Waals surface area (Å²) in [5, 5.41) is 0.0460. The van der Waals surface area contributed by atoms with Crippen LogP contribution in [0.2, 0.25) is 5.02 Å². The van der Waals surface area contributed by atoms with Crippen molar-refractivity contribution in [1.82, 2.24) is 5.06 Å². The van der Waals surface area contributed by atoms with Crippen LogP contribution in [0.4, 0.5) is 4.39 Å². The van der Waals surface area contributed by atoms with Crippen molar-refractivity contribution in [3.8, 4) is 0 Å². The highest BCUT2D eigenvalue weighted by atomic mass is 35.5. The van der Waals surface area contributed by atoms with Gasteiger partial charge in [-0.2, -0.15) is 0 Å². The van der Waals surface area contributed by atoms with Crippen molar-refractivity contribution in [2.24, 2.45) is 0 Å². The number of amides is 2. The number of fused-ring (bicyclic) bond motifs is 1. The molecule has 0 aliphatic carbocycles. The zero-order valence-electron chi connectivity index (χ0n) is 10.9. The first kappa shape index (κ1) is 14.2. The molecule has 1 aliphatic rings. The molecule has 1 heterocycles. The highest BCUT2D eigenvalue weighted by Crippen LogP contribution is 2.24. The number of hydrogen-bond donors (Lipinski definition) is 0. The van der Waals surface area contributed by atoms with E-state index in [9.17, 15) is 18.8 Å². The van der Waals surface area contributed by atoms with Gasteiger partial charge in [-0.05, 0) is 24.3 Å². The van der Waals surface area contributed by atoms with Crippen LogP contribution >= 0.6 is 11.6 Å². The lowest BCUT2D eigenvalue weighted by atomic mass is 10.1. The van der Waals surface area contributed by atoms with E-state index in [4.69, 9.17) is 16.4 Å². The van der Waals surface area contributed by atoms with Gasteiger partial charge in [0, 0.05) is 0 Å². The third-order valence-corrected chi connectivity index (χ3v) is 3.39. The van der Waals surface area contributed by atoms with E-state index in [0.29, 0.717) is 5.06 Å². The van der Waals surface area contributed by atoms with Crippen LogP contribution in [0.15, 0.2) is 42.5 Å². The molecule has 5 nitrogen and oxygen atoms in total. The number of rotatable bonds is 2. The normalized spacial score (nSPS) is 13.3. The summed E-state index contributed by atoms with van der Waals surface area (Å²) in [6.07, 6.45) is 0. The first-order valence-corrected chi connectivity index (χ1v) is 6.52. The summed E-state index contributed by atoms with van der Waals surface area (Å²) in [6.45, 7) is 0. The minimum absolute atomic E-state index is 0.117. The Bertz CT molecular complexity index is 786. The number of imide groups is 1. The first-order valence-electron chi connectivity index (χ1n) is 6.15. The average Bonchev–Trinajstić information content (AvgIpc) is 2.75. The lowest BCUT2D eigenvalue weighted by molar-refractivity contribution is -0.0587. The van der Waals surface area contributed by atoms with E-state index < -0.39 is 29.2 Å². The standard InChI is InChI=1S/C15H7ClFNO4/c16-11-7-3-6-10(12(11)17)15(21)22-18-13(19)8-4-1-2-5-9(8)14(18)20/h1-7H. The summed E-state index contributed by atoms with van der Waals surface area (Å²) in [4.78, 5) is 40.8. The van der Waals surface area contributed by atoms with Crippen LogP contribution in [0.25, 0.3) is 0 Å². The van der Waals surface area contributed by atoms with Gasteiger partial charge in [0.15, 0.2) is 5.82 Å². The molecule has 7 heteroatoms. The van der Waals surface area contributed by atoms with Crippen molar-refractivity contribution in [2.75, 3.05) is 0 Å². The Balaban J connectivity index is 1.89. The van der Waals surface area contributed by atoms with Gasteiger partial charge >= 0.3 is 5.97 Å². The molecule has 0 aromatic heterocycles. The molecule has 0 radical (unpaired) electrons. The van der Waals surface area contributed by atoms with E-state index in [0.717, 1.165) is 6.07 Å². The Hall–Kier alpha value is -2.73. The minimum Gasteiger partial charge on any atom is -0.324 e. The van der Waals surface area contributed by atoms with Gasteiger partial charge in [-0.15, -0.1) is 0 Å². The van der Waals surface area contributed by atoms with Gasteiger partial charge in [-0.25, -0.2) is 9.18 Å². The average molecular weight is 320 g/mol. The van der Waals surface area contributed by atoms with Crippen LogP contribution in [0.5, 0.6) is 0 Å². The third kappa shape index (κ3) is 2.14. The smallest absolute Gasteiger partial charge is 0.324 e. The molecule has 2 aromatic carbocycles. The molecule has 22 heavy (non-hydrogen) atoms. The zero-order valence-corrected chi connectivity index (χ0v) is 11.6. The van der Waals surface area contributed by atoms with Crippen LogP contribution in [-0.2, 0) is 4.84 Å². The van der Waals surface area contributed by atoms with E-state index in [1.54, 1.807) is 12.1 Å². The monoisotopic (exact) mass is 319 g/mol. The van der Waals surface area contributed by atoms with Gasteiger partial charge in [0.1, 0.15) is 0 Å². The largest absolute Gasteiger partial charge is 0.366 e. The molecule has 2 amide bonds. The predicted molar refractivity (Wildman–Crippen MR) is 73.8 cm³/mol. The summed E-state index contributed by atoms with van der Waals surface area (Å²) < 4.78 is 13.8. The molecule has 0 fully saturated rings. The Labute approximate surface area is 128 Å². The highest BCUT2D eigenvalue weighted by Gasteiger charge is 2.39. The maximum atomic E-state index is 13.8. The molecule has 0 unspecified atom stereocenters. The number of nitrogens with zero attached hydrogens (tertiary/aromatic N) is 1. The van der Waals surface area contributed by atoms with Crippen molar-refractivity contribution < 1.29 is 23.6 Å². The maximum absolute atomic E-state index is 13.8. The van der Waals surface area contributed by atoms with Gasteiger partial charge in [-0.1, -0.05) is 34.9 Å². The molecule has 110 valence electrons. The van der Waals surface area contributed by atoms with Crippen LogP contribution in [0.3, 0.4) is 0 Å². The molecule has 3 rings (SSSR count). The zero-order chi connectivity index (χ0) is 15.9. The first-order chi connectivity index (χ1) is 10.5. The summed E-state index contributed by atoms with van der Waals surface area (Å²) in [5.74, 6) is -3.73. The van der Waals surface area contributed by atoms with Gasteiger partial charge in [-0.3, -0.25) is 9.59 Å². The quantitative estimate of drug-likeness (QED) is 0.798. The van der Waals surface area contributed by atoms with Crippen molar-refractivity contribution in [3.63, 3.8) is 0 Å². The number of carbonyl (C=O) groups excluding carboxylic acids is 3. The van der Waals surface area contributed by atoms with E-state index in [1.807, 2.05) is 0 Å². The second kappa shape index (κ2) is 5.23. The Morgan fingerprint density at radius 1 is 1.00 bits per heavy atom. The molecule has 0 spiro atoms. The van der Waals surface area contributed by atoms with Gasteiger partial charge in [0.05, 0.1) is 21.7 Å². The lowest BCUT2D eigenvalue weighted by Crippen LogP contribution is -2.33. The fraction of sp³-hybridized carbons (Fsp3) is 0. The maximum Gasteiger partial charge on any atom is 0.366 e. The fourth-order valence-corrected chi connectivity index (χ4v) is 2.22. The number of hydrogen-bond acceptors (Lipinski definition) is 4. The van der Waals surface area contributed by atoms with Crippen molar-refractivity contribution in [2.45, 2.75) is 0 Å². The second-order valence-electron chi connectivity index (χ2n) is 4.43. The summed E-state index contributed by atoms with van der Waals surface area (Å²) in [5.41, 5.74) is -0.234.